The van der Waals surface area contributed by atoms with Crippen molar-refractivity contribution >= 4 is 5.78 Å². The van der Waals surface area contributed by atoms with E-state index in [-0.39, 0.29) is 17.9 Å². The van der Waals surface area contributed by atoms with Crippen LogP contribution in [0.2, 0.25) is 0 Å². The molecule has 0 aromatic heterocycles. The third kappa shape index (κ3) is 2.58. The number of hydrogen-bond acceptors (Lipinski definition) is 3. The molecule has 0 amide bonds. The van der Waals surface area contributed by atoms with Crippen LogP contribution in [0.3, 0.4) is 0 Å². The lowest BCUT2D eigenvalue weighted by Crippen LogP contribution is -2.30. The predicted molar refractivity (Wildman–Crippen MR) is 74.6 cm³/mol. The number of rotatable bonds is 4. The van der Waals surface area contributed by atoms with Crippen molar-refractivity contribution in [2.75, 3.05) is 13.7 Å². The summed E-state index contributed by atoms with van der Waals surface area (Å²) in [7, 11) is 1.70. The van der Waals surface area contributed by atoms with E-state index in [2.05, 4.69) is 17.4 Å². The fourth-order valence-electron chi connectivity index (χ4n) is 2.94. The summed E-state index contributed by atoms with van der Waals surface area (Å²) >= 11 is 0. The van der Waals surface area contributed by atoms with Crippen LogP contribution in [0.4, 0.5) is 0 Å². The van der Waals surface area contributed by atoms with E-state index in [0.29, 0.717) is 0 Å². The van der Waals surface area contributed by atoms with E-state index >= 15 is 0 Å². The Morgan fingerprint density at radius 2 is 2.00 bits per heavy atom. The largest absolute Gasteiger partial charge is 0.380 e. The van der Waals surface area contributed by atoms with Gasteiger partial charge in [-0.3, -0.25) is 4.79 Å². The minimum Gasteiger partial charge on any atom is -0.380 e. The van der Waals surface area contributed by atoms with Gasteiger partial charge in [0.25, 0.3) is 0 Å². The van der Waals surface area contributed by atoms with Gasteiger partial charge >= 0.3 is 0 Å². The fraction of sp³-hybridized carbons (Fsp3) is 0.562. The first kappa shape index (κ1) is 12.8. The molecule has 2 aliphatic rings. The number of ether oxygens (including phenoxy) is 1. The number of carbonyl (C=O) groups is 1. The highest BCUT2D eigenvalue weighted by molar-refractivity contribution is 6.00. The van der Waals surface area contributed by atoms with Crippen molar-refractivity contribution in [1.29, 1.82) is 0 Å². The van der Waals surface area contributed by atoms with Crippen molar-refractivity contribution in [1.82, 2.24) is 5.32 Å². The average molecular weight is 259 g/mol. The molecule has 2 fully saturated rings. The van der Waals surface area contributed by atoms with Crippen LogP contribution in [-0.4, -0.2) is 31.6 Å². The molecular formula is C16H21NO2. The predicted octanol–water partition coefficient (Wildman–Crippen LogP) is 2.51. The van der Waals surface area contributed by atoms with Gasteiger partial charge in [-0.15, -0.1) is 0 Å². The standard InChI is InChI=1S/C16H21NO2/c1-19-14-9-15(17-10-14)16(18)13-7-5-12(6-8-13)11-3-2-4-11/h5-8,11,14-15,17H,2-4,9-10H2,1H3. The average Bonchev–Trinajstić information content (AvgIpc) is 2.85. The Kier molecular flexibility index (Phi) is 3.67. The van der Waals surface area contributed by atoms with Gasteiger partial charge in [0.1, 0.15) is 0 Å². The van der Waals surface area contributed by atoms with Crippen LogP contribution in [0.25, 0.3) is 0 Å². The highest BCUT2D eigenvalue weighted by atomic mass is 16.5. The fourth-order valence-corrected chi connectivity index (χ4v) is 2.94. The van der Waals surface area contributed by atoms with E-state index < -0.39 is 0 Å². The molecule has 1 aromatic rings. The van der Waals surface area contributed by atoms with Crippen LogP contribution < -0.4 is 5.32 Å². The van der Waals surface area contributed by atoms with E-state index in [9.17, 15) is 4.79 Å². The Balaban J connectivity index is 1.66. The second kappa shape index (κ2) is 5.43. The summed E-state index contributed by atoms with van der Waals surface area (Å²) in [4.78, 5) is 12.4. The van der Waals surface area contributed by atoms with E-state index in [1.54, 1.807) is 7.11 Å². The van der Waals surface area contributed by atoms with Crippen molar-refractivity contribution in [2.24, 2.45) is 0 Å². The van der Waals surface area contributed by atoms with Crippen molar-refractivity contribution < 1.29 is 9.53 Å². The van der Waals surface area contributed by atoms with Gasteiger partial charge in [0.05, 0.1) is 12.1 Å². The van der Waals surface area contributed by atoms with Crippen LogP contribution in [0.15, 0.2) is 24.3 Å². The topological polar surface area (TPSA) is 38.3 Å². The Bertz CT molecular complexity index is 450. The molecule has 0 bridgehead atoms. The third-order valence-corrected chi connectivity index (χ3v) is 4.51. The zero-order valence-electron chi connectivity index (χ0n) is 11.4. The lowest BCUT2D eigenvalue weighted by Gasteiger charge is -2.25. The molecule has 1 saturated carbocycles. The maximum Gasteiger partial charge on any atom is 0.179 e. The van der Waals surface area contributed by atoms with E-state index in [4.69, 9.17) is 4.74 Å². The van der Waals surface area contributed by atoms with Gasteiger partial charge in [0.2, 0.25) is 0 Å². The smallest absolute Gasteiger partial charge is 0.179 e. The van der Waals surface area contributed by atoms with Crippen molar-refractivity contribution in [3.8, 4) is 0 Å². The molecule has 2 unspecified atom stereocenters. The maximum absolute atomic E-state index is 12.4. The number of Topliss-reactive ketones (excluding diaryl/α,β-unsaturated/α-hetero) is 1. The molecule has 1 heterocycles. The first-order valence-electron chi connectivity index (χ1n) is 7.18. The molecule has 3 rings (SSSR count). The van der Waals surface area contributed by atoms with Crippen molar-refractivity contribution in [3.63, 3.8) is 0 Å². The minimum absolute atomic E-state index is 0.0838. The Morgan fingerprint density at radius 3 is 2.53 bits per heavy atom. The second-order valence-corrected chi connectivity index (χ2v) is 5.67. The van der Waals surface area contributed by atoms with Crippen LogP contribution in [0, 0.1) is 0 Å². The van der Waals surface area contributed by atoms with Gasteiger partial charge in [-0.2, -0.15) is 0 Å². The number of methoxy groups -OCH3 is 1. The Labute approximate surface area is 114 Å². The van der Waals surface area contributed by atoms with Crippen LogP contribution in [0.1, 0.15) is 47.5 Å². The van der Waals surface area contributed by atoms with Gasteiger partial charge < -0.3 is 10.1 Å². The highest BCUT2D eigenvalue weighted by Gasteiger charge is 2.30. The number of benzene rings is 1. The van der Waals surface area contributed by atoms with Crippen LogP contribution in [-0.2, 0) is 4.74 Å². The van der Waals surface area contributed by atoms with Gasteiger partial charge in [0, 0.05) is 19.2 Å². The Hall–Kier alpha value is -1.19. The molecule has 3 nitrogen and oxygen atoms in total. The summed E-state index contributed by atoms with van der Waals surface area (Å²) in [6.45, 7) is 0.771. The Morgan fingerprint density at radius 1 is 1.26 bits per heavy atom. The van der Waals surface area contributed by atoms with E-state index in [0.717, 1.165) is 24.4 Å². The highest BCUT2D eigenvalue weighted by Crippen LogP contribution is 2.36. The zero-order chi connectivity index (χ0) is 13.2. The molecule has 2 atom stereocenters. The molecule has 1 aliphatic heterocycles. The third-order valence-electron chi connectivity index (χ3n) is 4.51. The van der Waals surface area contributed by atoms with E-state index in [1.165, 1.54) is 24.8 Å². The molecule has 0 radical (unpaired) electrons. The second-order valence-electron chi connectivity index (χ2n) is 5.67. The summed E-state index contributed by atoms with van der Waals surface area (Å²) in [6, 6.07) is 8.13. The zero-order valence-corrected chi connectivity index (χ0v) is 11.4. The molecule has 1 N–H and O–H groups in total. The monoisotopic (exact) mass is 259 g/mol. The number of ketones is 1. The minimum atomic E-state index is -0.0838. The SMILES string of the molecule is COC1CNC(C(=O)c2ccc(C3CCC3)cc2)C1. The summed E-state index contributed by atoms with van der Waals surface area (Å²) in [5.41, 5.74) is 2.20. The van der Waals surface area contributed by atoms with Gasteiger partial charge in [-0.25, -0.2) is 0 Å². The van der Waals surface area contributed by atoms with Crippen LogP contribution in [0.5, 0.6) is 0 Å². The van der Waals surface area contributed by atoms with Crippen LogP contribution >= 0.6 is 0 Å². The summed E-state index contributed by atoms with van der Waals surface area (Å²) in [6.07, 6.45) is 4.89. The molecule has 1 saturated heterocycles. The van der Waals surface area contributed by atoms with Crippen molar-refractivity contribution in [2.45, 2.75) is 43.7 Å². The molecular weight excluding hydrogens is 238 g/mol. The number of hydrogen-bond donors (Lipinski definition) is 1. The molecule has 3 heteroatoms. The molecule has 102 valence electrons. The number of carbonyl (C=O) groups excluding carboxylic acids is 1. The van der Waals surface area contributed by atoms with E-state index in [1.807, 2.05) is 12.1 Å². The van der Waals surface area contributed by atoms with Gasteiger partial charge in [-0.05, 0) is 30.7 Å². The molecule has 1 aliphatic carbocycles. The molecule has 0 spiro atoms. The quantitative estimate of drug-likeness (QED) is 0.844. The summed E-state index contributed by atoms with van der Waals surface area (Å²) in [5, 5.41) is 3.24. The lowest BCUT2D eigenvalue weighted by atomic mass is 9.80. The van der Waals surface area contributed by atoms with Gasteiger partial charge in [0.15, 0.2) is 5.78 Å². The first-order valence-corrected chi connectivity index (χ1v) is 7.18. The molecule has 19 heavy (non-hydrogen) atoms. The molecule has 1 aromatic carbocycles. The summed E-state index contributed by atoms with van der Waals surface area (Å²) < 4.78 is 5.29. The first-order chi connectivity index (χ1) is 9.28. The summed E-state index contributed by atoms with van der Waals surface area (Å²) in [5.74, 6) is 0.923. The normalized spacial score (nSPS) is 27.2. The lowest BCUT2D eigenvalue weighted by molar-refractivity contribution is 0.0919. The number of nitrogens with one attached hydrogen (secondary N) is 1. The van der Waals surface area contributed by atoms with Gasteiger partial charge in [-0.1, -0.05) is 30.7 Å². The van der Waals surface area contributed by atoms with Crippen molar-refractivity contribution in [3.05, 3.63) is 35.4 Å². The maximum atomic E-state index is 12.4.